The first-order valence-corrected chi connectivity index (χ1v) is 8.95. The van der Waals surface area contributed by atoms with Crippen LogP contribution >= 0.6 is 0 Å². The van der Waals surface area contributed by atoms with E-state index in [9.17, 15) is 0 Å². The van der Waals surface area contributed by atoms with Gasteiger partial charge in [0.15, 0.2) is 7.28 Å². The lowest BCUT2D eigenvalue weighted by molar-refractivity contribution is 1.62. The Morgan fingerprint density at radius 3 is 1.70 bits per heavy atom. The van der Waals surface area contributed by atoms with E-state index in [4.69, 9.17) is 11.5 Å². The van der Waals surface area contributed by atoms with Crippen LogP contribution in [0, 0.1) is 0 Å². The molecule has 3 heteroatoms. The Morgan fingerprint density at radius 1 is 0.519 bits per heavy atom. The average Bonchev–Trinajstić information content (AvgIpc) is 2.71. The highest BCUT2D eigenvalue weighted by Gasteiger charge is 2.06. The zero-order valence-corrected chi connectivity index (χ0v) is 15.0. The van der Waals surface area contributed by atoms with E-state index in [2.05, 4.69) is 55.8 Å². The number of benzene rings is 4. The predicted octanol–water partition coefficient (Wildman–Crippen LogP) is 3.84. The van der Waals surface area contributed by atoms with Gasteiger partial charge in [-0.25, -0.2) is 0 Å². The van der Waals surface area contributed by atoms with Crippen LogP contribution in [0.5, 0.6) is 0 Å². The Hall–Kier alpha value is -3.46. The highest BCUT2D eigenvalue weighted by Crippen LogP contribution is 2.21. The number of nitrogen functional groups attached to an aromatic ring is 2. The molecule has 0 heterocycles. The zero-order valence-electron chi connectivity index (χ0n) is 15.0. The number of hydrogen-bond acceptors (Lipinski definition) is 2. The largest absolute Gasteiger partial charge is 0.399 e. The van der Waals surface area contributed by atoms with Crippen LogP contribution < -0.4 is 22.4 Å². The van der Waals surface area contributed by atoms with Crippen LogP contribution in [0.15, 0.2) is 97.1 Å². The first-order valence-electron chi connectivity index (χ1n) is 8.95. The van der Waals surface area contributed by atoms with E-state index in [1.807, 2.05) is 48.5 Å². The van der Waals surface area contributed by atoms with Crippen molar-refractivity contribution in [3.05, 3.63) is 97.1 Å². The second-order valence-corrected chi connectivity index (χ2v) is 6.60. The fourth-order valence-corrected chi connectivity index (χ4v) is 3.14. The van der Waals surface area contributed by atoms with Gasteiger partial charge in [0, 0.05) is 11.4 Å². The molecule has 129 valence electrons. The van der Waals surface area contributed by atoms with Crippen LogP contribution in [0.2, 0.25) is 0 Å². The molecule has 0 aliphatic heterocycles. The molecule has 0 saturated heterocycles. The monoisotopic (exact) mass is 347 g/mol. The molecule has 1 radical (unpaired) electrons. The van der Waals surface area contributed by atoms with Gasteiger partial charge in [0.2, 0.25) is 0 Å². The summed E-state index contributed by atoms with van der Waals surface area (Å²) in [6.45, 7) is 0. The van der Waals surface area contributed by atoms with Crippen molar-refractivity contribution in [3.8, 4) is 22.3 Å². The molecule has 0 atom stereocenters. The van der Waals surface area contributed by atoms with Gasteiger partial charge in [0.25, 0.3) is 0 Å². The van der Waals surface area contributed by atoms with Crippen molar-refractivity contribution >= 4 is 29.6 Å². The normalized spacial score (nSPS) is 10.5. The molecule has 0 bridgehead atoms. The quantitative estimate of drug-likeness (QED) is 0.435. The Labute approximate surface area is 160 Å². The lowest BCUT2D eigenvalue weighted by Gasteiger charge is -2.09. The third-order valence-corrected chi connectivity index (χ3v) is 4.67. The second kappa shape index (κ2) is 7.42. The lowest BCUT2D eigenvalue weighted by atomic mass is 9.63. The van der Waals surface area contributed by atoms with Crippen LogP contribution in [-0.4, -0.2) is 7.28 Å². The number of rotatable bonds is 4. The SMILES string of the molecule is Nc1ccc(-c2ccc([B]c3ccc(-c4ccccc4)cc3N)cc2)cc1. The summed E-state index contributed by atoms with van der Waals surface area (Å²) < 4.78 is 0. The van der Waals surface area contributed by atoms with Gasteiger partial charge in [-0.2, -0.15) is 0 Å². The molecule has 0 saturated carbocycles. The van der Waals surface area contributed by atoms with Gasteiger partial charge in [0.1, 0.15) is 0 Å². The molecular weight excluding hydrogens is 327 g/mol. The fourth-order valence-electron chi connectivity index (χ4n) is 3.14. The van der Waals surface area contributed by atoms with Crippen LogP contribution in [0.4, 0.5) is 11.4 Å². The summed E-state index contributed by atoms with van der Waals surface area (Å²) >= 11 is 0. The minimum Gasteiger partial charge on any atom is -0.399 e. The summed E-state index contributed by atoms with van der Waals surface area (Å²) in [4.78, 5) is 0. The van der Waals surface area contributed by atoms with Crippen molar-refractivity contribution in [2.75, 3.05) is 11.5 Å². The number of hydrogen-bond donors (Lipinski definition) is 2. The van der Waals surface area contributed by atoms with Gasteiger partial charge in [0.05, 0.1) is 0 Å². The molecule has 0 spiro atoms. The second-order valence-electron chi connectivity index (χ2n) is 6.60. The highest BCUT2D eigenvalue weighted by atomic mass is 14.5. The summed E-state index contributed by atoms with van der Waals surface area (Å²) in [5.41, 5.74) is 20.4. The average molecular weight is 347 g/mol. The third kappa shape index (κ3) is 3.88. The number of anilines is 2. The molecule has 0 fully saturated rings. The van der Waals surface area contributed by atoms with Crippen molar-refractivity contribution in [2.45, 2.75) is 0 Å². The fraction of sp³-hybridized carbons (Fsp3) is 0. The molecule has 4 rings (SSSR count). The first kappa shape index (κ1) is 17.0. The molecule has 0 aromatic heterocycles. The minimum atomic E-state index is 0.776. The molecule has 4 aromatic carbocycles. The lowest BCUT2D eigenvalue weighted by Crippen LogP contribution is -2.29. The molecule has 0 aliphatic carbocycles. The van der Waals surface area contributed by atoms with Gasteiger partial charge in [-0.05, 0) is 40.5 Å². The Morgan fingerprint density at radius 2 is 1.07 bits per heavy atom. The van der Waals surface area contributed by atoms with Crippen LogP contribution in [0.1, 0.15) is 0 Å². The molecule has 2 nitrogen and oxygen atoms in total. The van der Waals surface area contributed by atoms with Crippen molar-refractivity contribution in [2.24, 2.45) is 0 Å². The first-order chi connectivity index (χ1) is 13.2. The van der Waals surface area contributed by atoms with Gasteiger partial charge in [-0.3, -0.25) is 0 Å². The van der Waals surface area contributed by atoms with E-state index in [1.165, 1.54) is 11.1 Å². The number of nitrogens with two attached hydrogens (primary N) is 2. The molecule has 27 heavy (non-hydrogen) atoms. The van der Waals surface area contributed by atoms with E-state index in [0.29, 0.717) is 0 Å². The van der Waals surface area contributed by atoms with Crippen LogP contribution in [-0.2, 0) is 0 Å². The zero-order chi connectivity index (χ0) is 18.6. The van der Waals surface area contributed by atoms with Gasteiger partial charge >= 0.3 is 0 Å². The molecular formula is C24H20BN2. The van der Waals surface area contributed by atoms with E-state index in [0.717, 1.165) is 33.4 Å². The van der Waals surface area contributed by atoms with Crippen LogP contribution in [0.25, 0.3) is 22.3 Å². The Kier molecular flexibility index (Phi) is 4.67. The predicted molar refractivity (Wildman–Crippen MR) is 118 cm³/mol. The minimum absolute atomic E-state index is 0.776. The Bertz CT molecular complexity index is 1040. The molecule has 4 aromatic rings. The summed E-state index contributed by atoms with van der Waals surface area (Å²) in [5.74, 6) is 0. The maximum atomic E-state index is 6.30. The molecule has 0 aliphatic rings. The van der Waals surface area contributed by atoms with Crippen molar-refractivity contribution in [1.29, 1.82) is 0 Å². The Balaban J connectivity index is 1.53. The van der Waals surface area contributed by atoms with Crippen molar-refractivity contribution < 1.29 is 0 Å². The molecule has 0 amide bonds. The standard InChI is InChI=1S/C24H20BN2/c26-22-13-8-19(9-14-22)18-6-11-21(12-7-18)25-23-15-10-20(16-24(23)27)17-4-2-1-3-5-17/h1-16H,26-27H2. The topological polar surface area (TPSA) is 52.0 Å². The van der Waals surface area contributed by atoms with Gasteiger partial charge < -0.3 is 11.5 Å². The molecule has 0 unspecified atom stereocenters. The summed E-state index contributed by atoms with van der Waals surface area (Å²) in [5, 5.41) is 0. The van der Waals surface area contributed by atoms with Crippen LogP contribution in [0.3, 0.4) is 0 Å². The summed E-state index contributed by atoms with van der Waals surface area (Å²) in [6, 6.07) is 32.9. The molecule has 4 N–H and O–H groups in total. The van der Waals surface area contributed by atoms with Crippen molar-refractivity contribution in [1.82, 2.24) is 0 Å². The maximum absolute atomic E-state index is 6.30. The maximum Gasteiger partial charge on any atom is 0.194 e. The van der Waals surface area contributed by atoms with E-state index >= 15 is 0 Å². The van der Waals surface area contributed by atoms with E-state index in [-0.39, 0.29) is 0 Å². The van der Waals surface area contributed by atoms with Gasteiger partial charge in [-0.1, -0.05) is 89.8 Å². The van der Waals surface area contributed by atoms with Crippen molar-refractivity contribution in [3.63, 3.8) is 0 Å². The smallest absolute Gasteiger partial charge is 0.194 e. The van der Waals surface area contributed by atoms with Gasteiger partial charge in [-0.15, -0.1) is 0 Å². The third-order valence-electron chi connectivity index (χ3n) is 4.67. The highest BCUT2D eigenvalue weighted by molar-refractivity contribution is 6.68. The van der Waals surface area contributed by atoms with E-state index < -0.39 is 0 Å². The van der Waals surface area contributed by atoms with E-state index in [1.54, 1.807) is 0 Å². The summed E-state index contributed by atoms with van der Waals surface area (Å²) in [7, 11) is 2.11. The summed E-state index contributed by atoms with van der Waals surface area (Å²) in [6.07, 6.45) is 0.